The summed E-state index contributed by atoms with van der Waals surface area (Å²) in [5.74, 6) is 2.39. The second-order valence-corrected chi connectivity index (χ2v) is 7.15. The zero-order valence-corrected chi connectivity index (χ0v) is 12.2. The first-order valence-electron chi connectivity index (χ1n) is 7.80. The Labute approximate surface area is 120 Å². The van der Waals surface area contributed by atoms with Crippen molar-refractivity contribution >= 4 is 11.7 Å². The number of carbonyl (C=O) groups excluding carboxylic acids is 1. The Morgan fingerprint density at radius 1 is 1.30 bits per heavy atom. The lowest BCUT2D eigenvalue weighted by molar-refractivity contribution is -0.138. The number of fused-ring (bicyclic) bond motifs is 2. The third kappa shape index (κ3) is 2.17. The first kappa shape index (κ1) is 13.7. The van der Waals surface area contributed by atoms with Gasteiger partial charge in [-0.25, -0.2) is 0 Å². The number of oxime groups is 1. The van der Waals surface area contributed by atoms with Gasteiger partial charge in [0.25, 0.3) is 0 Å². The molecule has 5 heteroatoms. The van der Waals surface area contributed by atoms with E-state index in [9.17, 15) is 4.79 Å². The summed E-state index contributed by atoms with van der Waals surface area (Å²) in [4.78, 5) is 14.7. The van der Waals surface area contributed by atoms with E-state index < -0.39 is 0 Å². The van der Waals surface area contributed by atoms with Crippen LogP contribution < -0.4 is 5.73 Å². The highest BCUT2D eigenvalue weighted by Crippen LogP contribution is 2.49. The maximum atomic E-state index is 12.7. The number of likely N-dealkylation sites (tertiary alicyclic amines) is 1. The molecule has 1 amide bonds. The highest BCUT2D eigenvalue weighted by molar-refractivity contribution is 5.86. The van der Waals surface area contributed by atoms with Gasteiger partial charge in [0.1, 0.15) is 5.84 Å². The molecule has 0 aromatic carbocycles. The molecule has 1 saturated heterocycles. The molecule has 112 valence electrons. The monoisotopic (exact) mass is 279 g/mol. The van der Waals surface area contributed by atoms with Crippen LogP contribution in [0, 0.1) is 23.2 Å². The number of rotatable bonds is 2. The SMILES string of the molecule is CC1(C(N)=NO)CCN(C(=O)C2CC3CCC2C3)CC1. The predicted molar refractivity (Wildman–Crippen MR) is 76.3 cm³/mol. The van der Waals surface area contributed by atoms with Crippen LogP contribution in [0.1, 0.15) is 45.4 Å². The number of carbonyl (C=O) groups is 1. The molecule has 3 fully saturated rings. The van der Waals surface area contributed by atoms with Crippen LogP contribution >= 0.6 is 0 Å². The average molecular weight is 279 g/mol. The van der Waals surface area contributed by atoms with Gasteiger partial charge in [-0.05, 0) is 43.9 Å². The Morgan fingerprint density at radius 2 is 2.00 bits per heavy atom. The van der Waals surface area contributed by atoms with E-state index >= 15 is 0 Å². The van der Waals surface area contributed by atoms with Crippen molar-refractivity contribution in [1.82, 2.24) is 4.90 Å². The Kier molecular flexibility index (Phi) is 3.38. The lowest BCUT2D eigenvalue weighted by Crippen LogP contribution is -2.49. The van der Waals surface area contributed by atoms with Crippen molar-refractivity contribution in [2.45, 2.75) is 45.4 Å². The molecule has 3 atom stereocenters. The van der Waals surface area contributed by atoms with Crippen molar-refractivity contribution in [3.05, 3.63) is 0 Å². The fraction of sp³-hybridized carbons (Fsp3) is 0.867. The fourth-order valence-electron chi connectivity index (χ4n) is 4.38. The van der Waals surface area contributed by atoms with Gasteiger partial charge in [0.2, 0.25) is 5.91 Å². The van der Waals surface area contributed by atoms with Crippen LogP contribution in [0.2, 0.25) is 0 Å². The van der Waals surface area contributed by atoms with Gasteiger partial charge in [0.05, 0.1) is 0 Å². The number of piperidine rings is 1. The molecule has 0 radical (unpaired) electrons. The minimum Gasteiger partial charge on any atom is -0.409 e. The summed E-state index contributed by atoms with van der Waals surface area (Å²) in [6, 6.07) is 0. The first-order valence-corrected chi connectivity index (χ1v) is 7.80. The smallest absolute Gasteiger partial charge is 0.225 e. The van der Waals surface area contributed by atoms with E-state index in [-0.39, 0.29) is 11.3 Å². The first-order chi connectivity index (χ1) is 9.53. The largest absolute Gasteiger partial charge is 0.409 e. The van der Waals surface area contributed by atoms with Crippen molar-refractivity contribution in [3.8, 4) is 0 Å². The highest BCUT2D eigenvalue weighted by atomic mass is 16.4. The van der Waals surface area contributed by atoms with Gasteiger partial charge in [-0.15, -0.1) is 0 Å². The zero-order valence-electron chi connectivity index (χ0n) is 12.2. The summed E-state index contributed by atoms with van der Waals surface area (Å²) in [6.45, 7) is 3.49. The Bertz CT molecular complexity index is 427. The molecule has 20 heavy (non-hydrogen) atoms. The van der Waals surface area contributed by atoms with E-state index in [0.717, 1.165) is 38.3 Å². The van der Waals surface area contributed by atoms with Crippen LogP contribution in [0.25, 0.3) is 0 Å². The summed E-state index contributed by atoms with van der Waals surface area (Å²) in [6.07, 6.45) is 6.53. The van der Waals surface area contributed by atoms with E-state index in [1.807, 2.05) is 11.8 Å². The molecule has 3 rings (SSSR count). The molecule has 1 heterocycles. The lowest BCUT2D eigenvalue weighted by atomic mass is 9.78. The molecule has 3 aliphatic rings. The van der Waals surface area contributed by atoms with Gasteiger partial charge in [0.15, 0.2) is 0 Å². The third-order valence-corrected chi connectivity index (χ3v) is 5.96. The molecule has 5 nitrogen and oxygen atoms in total. The molecule has 1 aliphatic heterocycles. The van der Waals surface area contributed by atoms with E-state index in [4.69, 9.17) is 10.9 Å². The number of hydrogen-bond donors (Lipinski definition) is 2. The summed E-state index contributed by atoms with van der Waals surface area (Å²) >= 11 is 0. The van der Waals surface area contributed by atoms with E-state index in [1.165, 1.54) is 19.3 Å². The van der Waals surface area contributed by atoms with Crippen LogP contribution in [0.3, 0.4) is 0 Å². The molecular weight excluding hydrogens is 254 g/mol. The van der Waals surface area contributed by atoms with Gasteiger partial charge in [-0.1, -0.05) is 18.5 Å². The zero-order chi connectivity index (χ0) is 14.3. The molecule has 3 N–H and O–H groups in total. The second-order valence-electron chi connectivity index (χ2n) is 7.15. The quantitative estimate of drug-likeness (QED) is 0.350. The van der Waals surface area contributed by atoms with Crippen LogP contribution in [0.4, 0.5) is 0 Å². The predicted octanol–water partition coefficient (Wildman–Crippen LogP) is 1.80. The van der Waals surface area contributed by atoms with Crippen molar-refractivity contribution < 1.29 is 10.0 Å². The summed E-state index contributed by atoms with van der Waals surface area (Å²) in [5.41, 5.74) is 5.51. The molecule has 2 saturated carbocycles. The number of nitrogens with two attached hydrogens (primary N) is 1. The van der Waals surface area contributed by atoms with Crippen molar-refractivity contribution in [2.24, 2.45) is 34.1 Å². The minimum absolute atomic E-state index is 0.264. The lowest BCUT2D eigenvalue weighted by Gasteiger charge is -2.40. The van der Waals surface area contributed by atoms with Crippen LogP contribution in [0.15, 0.2) is 5.16 Å². The number of amides is 1. The maximum Gasteiger partial charge on any atom is 0.225 e. The van der Waals surface area contributed by atoms with Crippen molar-refractivity contribution in [3.63, 3.8) is 0 Å². The Hall–Kier alpha value is -1.26. The van der Waals surface area contributed by atoms with Crippen LogP contribution in [-0.4, -0.2) is 34.9 Å². The number of amidine groups is 1. The van der Waals surface area contributed by atoms with E-state index in [1.54, 1.807) is 0 Å². The highest BCUT2D eigenvalue weighted by Gasteiger charge is 2.45. The molecule has 2 bridgehead atoms. The van der Waals surface area contributed by atoms with Crippen LogP contribution in [0.5, 0.6) is 0 Å². The van der Waals surface area contributed by atoms with Gasteiger partial charge >= 0.3 is 0 Å². The van der Waals surface area contributed by atoms with Crippen molar-refractivity contribution in [1.29, 1.82) is 0 Å². The van der Waals surface area contributed by atoms with Crippen molar-refractivity contribution in [2.75, 3.05) is 13.1 Å². The van der Waals surface area contributed by atoms with E-state index in [2.05, 4.69) is 5.16 Å². The minimum atomic E-state index is -0.264. The maximum absolute atomic E-state index is 12.7. The molecule has 0 aromatic rings. The Balaban J connectivity index is 1.60. The molecule has 2 aliphatic carbocycles. The fourth-order valence-corrected chi connectivity index (χ4v) is 4.38. The summed E-state index contributed by atoms with van der Waals surface area (Å²) in [7, 11) is 0. The van der Waals surface area contributed by atoms with Gasteiger partial charge in [-0.2, -0.15) is 0 Å². The second kappa shape index (κ2) is 4.93. The number of hydrogen-bond acceptors (Lipinski definition) is 3. The van der Waals surface area contributed by atoms with Gasteiger partial charge < -0.3 is 15.8 Å². The molecule has 0 spiro atoms. The molecule has 0 aromatic heterocycles. The normalized spacial score (nSPS) is 36.4. The standard InChI is InChI=1S/C15H25N3O2/c1-15(14(16)17-20)4-6-18(7-5-15)13(19)12-9-10-2-3-11(12)8-10/h10-12,20H,2-9H2,1H3,(H2,16,17). The number of nitrogens with zero attached hydrogens (tertiary/aromatic N) is 2. The van der Waals surface area contributed by atoms with Gasteiger partial charge in [0, 0.05) is 24.4 Å². The van der Waals surface area contributed by atoms with Crippen LogP contribution in [-0.2, 0) is 4.79 Å². The van der Waals surface area contributed by atoms with Gasteiger partial charge in [-0.3, -0.25) is 4.79 Å². The topological polar surface area (TPSA) is 78.9 Å². The third-order valence-electron chi connectivity index (χ3n) is 5.96. The molecule has 3 unspecified atom stereocenters. The Morgan fingerprint density at radius 3 is 2.50 bits per heavy atom. The summed E-state index contributed by atoms with van der Waals surface area (Å²) < 4.78 is 0. The van der Waals surface area contributed by atoms with E-state index in [0.29, 0.717) is 17.7 Å². The molecular formula is C15H25N3O2. The summed E-state index contributed by atoms with van der Waals surface area (Å²) in [5, 5.41) is 12.0. The average Bonchev–Trinajstić information content (AvgIpc) is 3.09.